The molecule has 0 radical (unpaired) electrons. The molecule has 2 aliphatic heterocycles. The summed E-state index contributed by atoms with van der Waals surface area (Å²) in [4.78, 5) is 6.87. The number of hydrogen-bond acceptors (Lipinski definition) is 5. The number of sulfonamides is 1. The molecule has 6 nitrogen and oxygen atoms in total. The molecule has 1 aromatic heterocycles. The minimum atomic E-state index is -3.68. The summed E-state index contributed by atoms with van der Waals surface area (Å²) in [5.41, 5.74) is 6.76. The van der Waals surface area contributed by atoms with E-state index < -0.39 is 10.0 Å². The lowest BCUT2D eigenvalue weighted by molar-refractivity contribution is -0.0508. The van der Waals surface area contributed by atoms with Crippen LogP contribution in [-0.4, -0.2) is 68.0 Å². The van der Waals surface area contributed by atoms with Crippen LogP contribution in [0.1, 0.15) is 28.3 Å². The highest BCUT2D eigenvalue weighted by atomic mass is 32.2. The molecule has 0 unspecified atom stereocenters. The number of fused-ring (bicyclic) bond motifs is 1. The fourth-order valence-electron chi connectivity index (χ4n) is 5.81. The Labute approximate surface area is 220 Å². The SMILES string of the molecule is COC[C@@H]1[C@@H](c2ccc(-c3cccc(C)c3C)cc2)[C@@H]2CN(S(=O)(=O)c3cccnc3C)C/C=C\CN12. The van der Waals surface area contributed by atoms with Gasteiger partial charge in [0, 0.05) is 50.9 Å². The van der Waals surface area contributed by atoms with Crippen molar-refractivity contribution in [1.82, 2.24) is 14.2 Å². The third-order valence-corrected chi connectivity index (χ3v) is 9.95. The normalized spacial score (nSPS) is 23.5. The van der Waals surface area contributed by atoms with E-state index in [4.69, 9.17) is 4.74 Å². The van der Waals surface area contributed by atoms with Gasteiger partial charge in [-0.2, -0.15) is 4.31 Å². The summed E-state index contributed by atoms with van der Waals surface area (Å²) < 4.78 is 34.6. The molecule has 3 heterocycles. The number of aryl methyl sites for hydroxylation is 2. The number of hydrogen-bond donors (Lipinski definition) is 0. The van der Waals surface area contributed by atoms with Crippen LogP contribution < -0.4 is 0 Å². The van der Waals surface area contributed by atoms with Crippen molar-refractivity contribution in [2.75, 3.05) is 33.4 Å². The van der Waals surface area contributed by atoms with Gasteiger partial charge in [-0.05, 0) is 60.7 Å². The van der Waals surface area contributed by atoms with Crippen LogP contribution >= 0.6 is 0 Å². The van der Waals surface area contributed by atoms with Crippen LogP contribution in [0.3, 0.4) is 0 Å². The standard InChI is InChI=1S/C30H35N3O3S/c1-21-9-7-10-26(22(21)2)24-12-14-25(15-13-24)30-27-19-32(17-5-6-18-33(27)28(30)20-36-4)37(34,35)29-11-8-16-31-23(29)3/h5-16,27-28,30H,17-20H2,1-4H3/b6-5-/t27-,28+,30-/m0/s1. The Balaban J connectivity index is 1.47. The highest BCUT2D eigenvalue weighted by molar-refractivity contribution is 7.89. The topological polar surface area (TPSA) is 62.7 Å². The van der Waals surface area contributed by atoms with Crippen LogP contribution in [0.2, 0.25) is 0 Å². The maximum atomic E-state index is 13.7. The van der Waals surface area contributed by atoms with Gasteiger partial charge < -0.3 is 4.74 Å². The van der Waals surface area contributed by atoms with Gasteiger partial charge in [0.25, 0.3) is 0 Å². The molecule has 1 saturated heterocycles. The predicted molar refractivity (Wildman–Crippen MR) is 147 cm³/mol. The summed E-state index contributed by atoms with van der Waals surface area (Å²) in [6.45, 7) is 8.22. The molecule has 37 heavy (non-hydrogen) atoms. The van der Waals surface area contributed by atoms with Crippen LogP contribution in [0.4, 0.5) is 0 Å². The zero-order valence-electron chi connectivity index (χ0n) is 22.0. The first kappa shape index (κ1) is 25.8. The van der Waals surface area contributed by atoms with E-state index in [1.54, 1.807) is 36.7 Å². The summed E-state index contributed by atoms with van der Waals surface area (Å²) in [5, 5.41) is 0. The fraction of sp³-hybridized carbons (Fsp3) is 0.367. The first-order valence-corrected chi connectivity index (χ1v) is 14.2. The van der Waals surface area contributed by atoms with Gasteiger partial charge in [0.2, 0.25) is 10.0 Å². The molecule has 0 saturated carbocycles. The summed E-state index contributed by atoms with van der Waals surface area (Å²) in [6.07, 6.45) is 5.66. The smallest absolute Gasteiger partial charge is 0.245 e. The molecule has 3 atom stereocenters. The Morgan fingerprint density at radius 3 is 2.46 bits per heavy atom. The summed E-state index contributed by atoms with van der Waals surface area (Å²) in [6, 6.07) is 18.8. The van der Waals surface area contributed by atoms with E-state index in [-0.39, 0.29) is 22.9 Å². The molecular weight excluding hydrogens is 482 g/mol. The quantitative estimate of drug-likeness (QED) is 0.443. The second-order valence-corrected chi connectivity index (χ2v) is 12.0. The van der Waals surface area contributed by atoms with Crippen molar-refractivity contribution in [2.45, 2.75) is 43.7 Å². The van der Waals surface area contributed by atoms with E-state index in [2.05, 4.69) is 72.3 Å². The van der Waals surface area contributed by atoms with Gasteiger partial charge in [0.1, 0.15) is 4.90 Å². The highest BCUT2D eigenvalue weighted by Crippen LogP contribution is 2.43. The van der Waals surface area contributed by atoms with Gasteiger partial charge in [-0.3, -0.25) is 9.88 Å². The molecule has 5 rings (SSSR count). The number of benzene rings is 2. The third-order valence-electron chi connectivity index (χ3n) is 7.99. The molecule has 0 aliphatic carbocycles. The third kappa shape index (κ3) is 4.77. The van der Waals surface area contributed by atoms with Gasteiger partial charge in [0.05, 0.1) is 12.3 Å². The number of rotatable bonds is 6. The van der Waals surface area contributed by atoms with Crippen molar-refractivity contribution in [2.24, 2.45) is 0 Å². The average Bonchev–Trinajstić information content (AvgIpc) is 2.87. The molecule has 2 aliphatic rings. The largest absolute Gasteiger partial charge is 0.383 e. The van der Waals surface area contributed by atoms with Gasteiger partial charge in [-0.25, -0.2) is 8.42 Å². The van der Waals surface area contributed by atoms with Gasteiger partial charge in [0.15, 0.2) is 0 Å². The lowest BCUT2D eigenvalue weighted by atomic mass is 9.74. The maximum absolute atomic E-state index is 13.7. The summed E-state index contributed by atoms with van der Waals surface area (Å²) in [7, 11) is -1.95. The molecule has 0 spiro atoms. The van der Waals surface area contributed by atoms with E-state index >= 15 is 0 Å². The van der Waals surface area contributed by atoms with Crippen LogP contribution in [0.15, 0.2) is 77.8 Å². The molecule has 1 fully saturated rings. The summed E-state index contributed by atoms with van der Waals surface area (Å²) in [5.74, 6) is 0.173. The van der Waals surface area contributed by atoms with E-state index in [0.29, 0.717) is 25.4 Å². The molecular formula is C30H35N3O3S. The fourth-order valence-corrected chi connectivity index (χ4v) is 7.40. The molecule has 0 N–H and O–H groups in total. The molecule has 2 aromatic carbocycles. The first-order valence-electron chi connectivity index (χ1n) is 12.8. The molecule has 0 amide bonds. The van der Waals surface area contributed by atoms with Crippen molar-refractivity contribution in [3.8, 4) is 11.1 Å². The number of methoxy groups -OCH3 is 1. The predicted octanol–water partition coefficient (Wildman–Crippen LogP) is 4.72. The minimum absolute atomic E-state index is 0.0587. The van der Waals surface area contributed by atoms with Crippen LogP contribution in [-0.2, 0) is 14.8 Å². The van der Waals surface area contributed by atoms with E-state index in [1.807, 2.05) is 6.08 Å². The Kier molecular flexibility index (Phi) is 7.32. The molecule has 0 bridgehead atoms. The molecule has 7 heteroatoms. The monoisotopic (exact) mass is 517 g/mol. The summed E-state index contributed by atoms with van der Waals surface area (Å²) >= 11 is 0. The van der Waals surface area contributed by atoms with E-state index in [9.17, 15) is 8.42 Å². The highest BCUT2D eigenvalue weighted by Gasteiger charge is 2.50. The van der Waals surface area contributed by atoms with Gasteiger partial charge in [-0.15, -0.1) is 0 Å². The first-order chi connectivity index (χ1) is 17.8. The van der Waals surface area contributed by atoms with Crippen molar-refractivity contribution < 1.29 is 13.2 Å². The lowest BCUT2D eigenvalue weighted by Gasteiger charge is -2.56. The minimum Gasteiger partial charge on any atom is -0.383 e. The van der Waals surface area contributed by atoms with E-state index in [1.165, 1.54) is 27.8 Å². The van der Waals surface area contributed by atoms with Crippen molar-refractivity contribution in [3.05, 3.63) is 95.3 Å². The van der Waals surface area contributed by atoms with E-state index in [0.717, 1.165) is 6.54 Å². The Morgan fingerprint density at radius 1 is 0.973 bits per heavy atom. The molecule has 3 aromatic rings. The maximum Gasteiger partial charge on any atom is 0.245 e. The van der Waals surface area contributed by atoms with Crippen molar-refractivity contribution >= 4 is 10.0 Å². The Bertz CT molecular complexity index is 1400. The number of nitrogens with zero attached hydrogens (tertiary/aromatic N) is 3. The Morgan fingerprint density at radius 2 is 1.73 bits per heavy atom. The molecule has 194 valence electrons. The second kappa shape index (κ2) is 10.5. The zero-order chi connectivity index (χ0) is 26.2. The lowest BCUT2D eigenvalue weighted by Crippen LogP contribution is -2.67. The van der Waals surface area contributed by atoms with Crippen LogP contribution in [0.5, 0.6) is 0 Å². The van der Waals surface area contributed by atoms with Crippen LogP contribution in [0, 0.1) is 20.8 Å². The van der Waals surface area contributed by atoms with Crippen molar-refractivity contribution in [1.29, 1.82) is 0 Å². The zero-order valence-corrected chi connectivity index (χ0v) is 22.8. The number of ether oxygens (including phenoxy) is 1. The number of pyridine rings is 1. The second-order valence-electron chi connectivity index (χ2n) is 10.1. The van der Waals surface area contributed by atoms with Gasteiger partial charge >= 0.3 is 0 Å². The average molecular weight is 518 g/mol. The van der Waals surface area contributed by atoms with Crippen molar-refractivity contribution in [3.63, 3.8) is 0 Å². The van der Waals surface area contributed by atoms with Crippen LogP contribution in [0.25, 0.3) is 11.1 Å². The number of aromatic nitrogens is 1. The Hall–Kier alpha value is -2.84. The van der Waals surface area contributed by atoms with Gasteiger partial charge in [-0.1, -0.05) is 54.6 Å².